The number of nitrogens with one attached hydrogen (secondary N) is 1. The van der Waals surface area contributed by atoms with Crippen LogP contribution in [0.1, 0.15) is 0 Å². The minimum atomic E-state index is -4.10. The fourth-order valence-electron chi connectivity index (χ4n) is 1.57. The number of nitro groups is 1. The summed E-state index contributed by atoms with van der Waals surface area (Å²) in [5, 5.41) is 11.5. The van der Waals surface area contributed by atoms with E-state index in [0.717, 1.165) is 13.2 Å². The maximum atomic E-state index is 11.6. The van der Waals surface area contributed by atoms with Gasteiger partial charge in [-0.15, -0.1) is 0 Å². The summed E-state index contributed by atoms with van der Waals surface area (Å²) in [7, 11) is -3.15. The lowest BCUT2D eigenvalue weighted by atomic mass is 10.2. The van der Waals surface area contributed by atoms with E-state index in [1.807, 2.05) is 0 Å². The van der Waals surface area contributed by atoms with Gasteiger partial charge >= 0.3 is 15.8 Å². The van der Waals surface area contributed by atoms with Crippen LogP contribution in [0.15, 0.2) is 29.3 Å². The molecular weight excluding hydrogens is 248 g/mol. The quantitative estimate of drug-likeness (QED) is 0.508. The Balaban J connectivity index is 2.89. The Morgan fingerprint density at radius 1 is 1.35 bits per heavy atom. The minimum Gasteiger partial charge on any atom is -0.356 e. The van der Waals surface area contributed by atoms with Crippen LogP contribution in [0.5, 0.6) is 0 Å². The zero-order valence-corrected chi connectivity index (χ0v) is 9.52. The van der Waals surface area contributed by atoms with Gasteiger partial charge in [0.2, 0.25) is 0 Å². The van der Waals surface area contributed by atoms with Gasteiger partial charge in [-0.05, 0) is 12.1 Å². The maximum Gasteiger partial charge on any atom is 0.314 e. The molecule has 1 heterocycles. The van der Waals surface area contributed by atoms with Crippen molar-refractivity contribution in [1.82, 2.24) is 4.98 Å². The Morgan fingerprint density at radius 3 is 2.65 bits per heavy atom. The van der Waals surface area contributed by atoms with E-state index < -0.39 is 25.6 Å². The van der Waals surface area contributed by atoms with Gasteiger partial charge in [0.25, 0.3) is 0 Å². The molecule has 2 rings (SSSR count). The SMILES string of the molecule is COS(=O)(=O)c1ccc2cc[nH]c2c1[N+](=O)[O-]. The molecule has 7 nitrogen and oxygen atoms in total. The number of rotatable bonds is 3. The first-order valence-corrected chi connectivity index (χ1v) is 5.93. The van der Waals surface area contributed by atoms with Crippen LogP contribution in [0.4, 0.5) is 5.69 Å². The highest BCUT2D eigenvalue weighted by molar-refractivity contribution is 7.87. The van der Waals surface area contributed by atoms with E-state index in [1.165, 1.54) is 12.3 Å². The number of hydrogen-bond acceptors (Lipinski definition) is 5. The van der Waals surface area contributed by atoms with E-state index in [1.54, 1.807) is 6.07 Å². The Labute approximate surface area is 96.3 Å². The summed E-state index contributed by atoms with van der Waals surface area (Å²) in [6, 6.07) is 4.25. The lowest BCUT2D eigenvalue weighted by molar-refractivity contribution is -0.386. The number of H-pyrrole nitrogens is 1. The van der Waals surface area contributed by atoms with Crippen LogP contribution in [0.25, 0.3) is 10.9 Å². The second-order valence-corrected chi connectivity index (χ2v) is 4.91. The van der Waals surface area contributed by atoms with Crippen molar-refractivity contribution >= 4 is 26.7 Å². The van der Waals surface area contributed by atoms with Crippen molar-refractivity contribution in [2.75, 3.05) is 7.11 Å². The third-order valence-electron chi connectivity index (χ3n) is 2.34. The van der Waals surface area contributed by atoms with E-state index >= 15 is 0 Å². The highest BCUT2D eigenvalue weighted by Gasteiger charge is 2.28. The highest BCUT2D eigenvalue weighted by atomic mass is 32.2. The molecule has 0 saturated heterocycles. The molecule has 1 aromatic heterocycles. The van der Waals surface area contributed by atoms with Crippen molar-refractivity contribution in [1.29, 1.82) is 0 Å². The van der Waals surface area contributed by atoms with Crippen LogP contribution >= 0.6 is 0 Å². The molecule has 17 heavy (non-hydrogen) atoms. The molecule has 0 fully saturated rings. The molecule has 0 aliphatic rings. The van der Waals surface area contributed by atoms with Gasteiger partial charge in [-0.2, -0.15) is 8.42 Å². The molecule has 8 heteroatoms. The number of fused-ring (bicyclic) bond motifs is 1. The van der Waals surface area contributed by atoms with Gasteiger partial charge in [-0.25, -0.2) is 0 Å². The average molecular weight is 256 g/mol. The van der Waals surface area contributed by atoms with E-state index in [2.05, 4.69) is 9.17 Å². The Bertz CT molecular complexity index is 688. The second kappa shape index (κ2) is 3.82. The zero-order chi connectivity index (χ0) is 12.6. The molecule has 0 aliphatic carbocycles. The third kappa shape index (κ3) is 1.77. The van der Waals surface area contributed by atoms with Gasteiger partial charge < -0.3 is 4.98 Å². The topological polar surface area (TPSA) is 102 Å². The van der Waals surface area contributed by atoms with Crippen LogP contribution in [-0.4, -0.2) is 25.4 Å². The zero-order valence-electron chi connectivity index (χ0n) is 8.71. The van der Waals surface area contributed by atoms with E-state index in [0.29, 0.717) is 5.39 Å². The highest BCUT2D eigenvalue weighted by Crippen LogP contribution is 2.32. The summed E-state index contributed by atoms with van der Waals surface area (Å²) in [6.45, 7) is 0. The van der Waals surface area contributed by atoms with Crippen LogP contribution in [0.2, 0.25) is 0 Å². The van der Waals surface area contributed by atoms with Gasteiger partial charge in [0.1, 0.15) is 5.52 Å². The predicted octanol–water partition coefficient (Wildman–Crippen LogP) is 1.41. The van der Waals surface area contributed by atoms with Crippen molar-refractivity contribution in [2.24, 2.45) is 0 Å². The molecule has 0 saturated carbocycles. The van der Waals surface area contributed by atoms with Crippen molar-refractivity contribution in [3.63, 3.8) is 0 Å². The maximum absolute atomic E-state index is 11.6. The first-order chi connectivity index (χ1) is 7.97. The van der Waals surface area contributed by atoms with Crippen molar-refractivity contribution < 1.29 is 17.5 Å². The first kappa shape index (κ1) is 11.6. The molecular formula is C9H8N2O5S. The lowest BCUT2D eigenvalue weighted by Crippen LogP contribution is -2.06. The first-order valence-electron chi connectivity index (χ1n) is 4.52. The van der Waals surface area contributed by atoms with E-state index in [4.69, 9.17) is 0 Å². The van der Waals surface area contributed by atoms with Gasteiger partial charge in [0, 0.05) is 11.6 Å². The van der Waals surface area contributed by atoms with Crippen molar-refractivity contribution in [2.45, 2.75) is 4.90 Å². The lowest BCUT2D eigenvalue weighted by Gasteiger charge is -2.03. The summed E-state index contributed by atoms with van der Waals surface area (Å²) in [6.07, 6.45) is 1.50. The molecule has 0 unspecified atom stereocenters. The Kier molecular flexibility index (Phi) is 2.60. The Hall–Kier alpha value is -1.93. The summed E-state index contributed by atoms with van der Waals surface area (Å²) in [5.41, 5.74) is -0.345. The molecule has 0 amide bonds. The average Bonchev–Trinajstić information content (AvgIpc) is 2.75. The fourth-order valence-corrected chi connectivity index (χ4v) is 2.39. The fraction of sp³-hybridized carbons (Fsp3) is 0.111. The smallest absolute Gasteiger partial charge is 0.314 e. The third-order valence-corrected chi connectivity index (χ3v) is 3.64. The summed E-state index contributed by atoms with van der Waals surface area (Å²) in [5.74, 6) is 0. The normalized spacial score (nSPS) is 11.8. The molecule has 0 atom stereocenters. The van der Waals surface area contributed by atoms with Crippen molar-refractivity contribution in [3.05, 3.63) is 34.5 Å². The minimum absolute atomic E-state index is 0.160. The number of aromatic amines is 1. The summed E-state index contributed by atoms with van der Waals surface area (Å²) in [4.78, 5) is 12.4. The van der Waals surface area contributed by atoms with Gasteiger partial charge in [-0.3, -0.25) is 14.3 Å². The number of hydrogen-bond donors (Lipinski definition) is 1. The molecule has 1 aromatic carbocycles. The van der Waals surface area contributed by atoms with Crippen LogP contribution in [0, 0.1) is 10.1 Å². The monoisotopic (exact) mass is 256 g/mol. The van der Waals surface area contributed by atoms with Crippen LogP contribution < -0.4 is 0 Å². The molecule has 1 N–H and O–H groups in total. The Morgan fingerprint density at radius 2 is 2.06 bits per heavy atom. The predicted molar refractivity (Wildman–Crippen MR) is 59.1 cm³/mol. The largest absolute Gasteiger partial charge is 0.356 e. The van der Waals surface area contributed by atoms with Gasteiger partial charge in [0.15, 0.2) is 4.90 Å². The standard InChI is InChI=1S/C9H8N2O5S/c1-16-17(14,15)7-3-2-6-4-5-10-8(6)9(7)11(12)13/h2-5,10H,1H3. The van der Waals surface area contributed by atoms with Crippen molar-refractivity contribution in [3.8, 4) is 0 Å². The molecule has 2 aromatic rings. The van der Waals surface area contributed by atoms with E-state index in [-0.39, 0.29) is 5.52 Å². The van der Waals surface area contributed by atoms with Gasteiger partial charge in [0.05, 0.1) is 12.0 Å². The molecule has 90 valence electrons. The summed E-state index contributed by atoms with van der Waals surface area (Å²) >= 11 is 0. The molecule has 0 spiro atoms. The number of nitrogens with zero attached hydrogens (tertiary/aromatic N) is 1. The number of nitro benzene ring substituents is 1. The van der Waals surface area contributed by atoms with Gasteiger partial charge in [-0.1, -0.05) is 6.07 Å². The molecule has 0 bridgehead atoms. The van der Waals surface area contributed by atoms with Crippen LogP contribution in [-0.2, 0) is 14.3 Å². The van der Waals surface area contributed by atoms with E-state index in [9.17, 15) is 18.5 Å². The second-order valence-electron chi connectivity index (χ2n) is 3.23. The van der Waals surface area contributed by atoms with Crippen LogP contribution in [0.3, 0.4) is 0 Å². The number of aromatic nitrogens is 1. The number of benzene rings is 1. The summed E-state index contributed by atoms with van der Waals surface area (Å²) < 4.78 is 27.4. The molecule has 0 radical (unpaired) electrons. The molecule has 0 aliphatic heterocycles.